The summed E-state index contributed by atoms with van der Waals surface area (Å²) in [5.74, 6) is 0.0899. The van der Waals surface area contributed by atoms with Crippen LogP contribution in [-0.4, -0.2) is 37.0 Å². The molecule has 0 aromatic carbocycles. The molecule has 128 valence electrons. The van der Waals surface area contributed by atoms with E-state index in [2.05, 4.69) is 12.3 Å². The monoisotopic (exact) mass is 340 g/mol. The van der Waals surface area contributed by atoms with E-state index < -0.39 is 6.04 Å². The fourth-order valence-corrected chi connectivity index (χ4v) is 3.22. The molecule has 0 unspecified atom stereocenters. The van der Waals surface area contributed by atoms with E-state index in [1.54, 1.807) is 11.8 Å². The molecule has 1 aliphatic heterocycles. The van der Waals surface area contributed by atoms with Crippen molar-refractivity contribution in [2.75, 3.05) is 19.5 Å². The Bertz CT molecular complexity index is 445. The summed E-state index contributed by atoms with van der Waals surface area (Å²) in [5.41, 5.74) is 0. The molecule has 2 fully saturated rings. The van der Waals surface area contributed by atoms with Crippen LogP contribution >= 0.6 is 11.8 Å². The molecule has 0 spiro atoms. The van der Waals surface area contributed by atoms with Crippen molar-refractivity contribution < 1.29 is 18.7 Å². The first kappa shape index (κ1) is 18.4. The lowest BCUT2D eigenvalue weighted by Crippen LogP contribution is -2.32. The summed E-state index contributed by atoms with van der Waals surface area (Å²) in [5, 5.41) is 0.431. The zero-order valence-corrected chi connectivity index (χ0v) is 14.3. The van der Waals surface area contributed by atoms with Crippen molar-refractivity contribution in [3.8, 4) is 0 Å². The Balaban J connectivity index is 1.63. The van der Waals surface area contributed by atoms with Crippen molar-refractivity contribution in [1.82, 2.24) is 0 Å². The Morgan fingerprint density at radius 2 is 1.61 bits per heavy atom. The number of hydrogen-bond donors (Lipinski definition) is 0. The van der Waals surface area contributed by atoms with E-state index in [0.29, 0.717) is 24.0 Å². The van der Waals surface area contributed by atoms with Gasteiger partial charge in [-0.3, -0.25) is 4.79 Å². The molecule has 2 rings (SSSR count). The summed E-state index contributed by atoms with van der Waals surface area (Å²) in [7, 11) is 0. The number of allylic oxidation sites excluding steroid dienone is 5. The summed E-state index contributed by atoms with van der Waals surface area (Å²) in [4.78, 5) is 10.7. The standard InChI is InChI=1S/C18H25FO3S/c1-23-16-12-21-17(22-13-16)7-5-3-2-4-6-14-8-10-15(11-9-14)18(19)20/h2-7,14-17H,8-13H2,1H3/b3-2+,6-4+,7-5+. The van der Waals surface area contributed by atoms with Gasteiger partial charge in [-0.05, 0) is 43.9 Å². The maximum absolute atomic E-state index is 12.6. The van der Waals surface area contributed by atoms with Gasteiger partial charge in [0.1, 0.15) is 0 Å². The zero-order valence-electron chi connectivity index (χ0n) is 13.5. The molecule has 5 heteroatoms. The van der Waals surface area contributed by atoms with Gasteiger partial charge >= 0.3 is 6.04 Å². The molecule has 0 atom stereocenters. The molecular weight excluding hydrogens is 315 g/mol. The molecule has 0 aromatic heterocycles. The molecular formula is C18H25FO3S. The van der Waals surface area contributed by atoms with Gasteiger partial charge in [-0.15, -0.1) is 0 Å². The van der Waals surface area contributed by atoms with Gasteiger partial charge in [0, 0.05) is 5.92 Å². The van der Waals surface area contributed by atoms with Gasteiger partial charge < -0.3 is 9.47 Å². The molecule has 1 saturated carbocycles. The van der Waals surface area contributed by atoms with E-state index in [0.717, 1.165) is 26.1 Å². The highest BCUT2D eigenvalue weighted by Crippen LogP contribution is 2.30. The Kier molecular flexibility index (Phi) is 8.06. The van der Waals surface area contributed by atoms with E-state index in [1.807, 2.05) is 30.4 Å². The molecule has 3 nitrogen and oxygen atoms in total. The minimum absolute atomic E-state index is 0.249. The van der Waals surface area contributed by atoms with Gasteiger partial charge in [0.05, 0.1) is 18.5 Å². The van der Waals surface area contributed by atoms with Crippen LogP contribution in [0.15, 0.2) is 36.5 Å². The molecule has 0 amide bonds. The van der Waals surface area contributed by atoms with Crippen LogP contribution in [0.2, 0.25) is 0 Å². The van der Waals surface area contributed by atoms with Crippen molar-refractivity contribution in [3.05, 3.63) is 36.5 Å². The fraction of sp³-hybridized carbons (Fsp3) is 0.611. The van der Waals surface area contributed by atoms with Crippen molar-refractivity contribution in [3.63, 3.8) is 0 Å². The largest absolute Gasteiger partial charge is 0.348 e. The third-order valence-corrected chi connectivity index (χ3v) is 5.24. The van der Waals surface area contributed by atoms with Crippen LogP contribution in [0.3, 0.4) is 0 Å². The maximum Gasteiger partial charge on any atom is 0.304 e. The van der Waals surface area contributed by atoms with Crippen LogP contribution in [0, 0.1) is 11.8 Å². The number of carbonyl (C=O) groups is 1. The van der Waals surface area contributed by atoms with Crippen molar-refractivity contribution in [1.29, 1.82) is 0 Å². The second-order valence-corrected chi connectivity index (χ2v) is 7.10. The molecule has 2 aliphatic rings. The number of thioether (sulfide) groups is 1. The minimum Gasteiger partial charge on any atom is -0.348 e. The highest BCUT2D eigenvalue weighted by atomic mass is 32.2. The lowest BCUT2D eigenvalue weighted by atomic mass is 9.82. The second kappa shape index (κ2) is 10.1. The minimum atomic E-state index is -1.14. The SMILES string of the molecule is CSC1COC(/C=C/C=C/C=C/C2CCC(C(=O)F)CC2)OC1. The summed E-state index contributed by atoms with van der Waals surface area (Å²) in [6.45, 7) is 1.45. The summed E-state index contributed by atoms with van der Waals surface area (Å²) < 4.78 is 23.7. The third kappa shape index (κ3) is 6.61. The number of hydrogen-bond acceptors (Lipinski definition) is 4. The normalized spacial score (nSPS) is 33.0. The van der Waals surface area contributed by atoms with Crippen molar-refractivity contribution in [2.45, 2.75) is 37.2 Å². The van der Waals surface area contributed by atoms with Gasteiger partial charge in [-0.1, -0.05) is 30.4 Å². The second-order valence-electron chi connectivity index (χ2n) is 5.96. The molecule has 0 N–H and O–H groups in total. The number of carbonyl (C=O) groups excluding carboxylic acids is 1. The molecule has 1 aliphatic carbocycles. The van der Waals surface area contributed by atoms with Crippen LogP contribution < -0.4 is 0 Å². The van der Waals surface area contributed by atoms with Crippen molar-refractivity contribution >= 4 is 17.8 Å². The average Bonchev–Trinajstić information content (AvgIpc) is 2.59. The Morgan fingerprint density at radius 3 is 2.17 bits per heavy atom. The lowest BCUT2D eigenvalue weighted by Gasteiger charge is -2.26. The molecule has 0 aromatic rings. The van der Waals surface area contributed by atoms with Crippen molar-refractivity contribution in [2.24, 2.45) is 11.8 Å². The molecule has 1 heterocycles. The number of ether oxygens (including phenoxy) is 2. The first-order chi connectivity index (χ1) is 11.2. The zero-order chi connectivity index (χ0) is 16.5. The molecule has 0 bridgehead atoms. The highest BCUT2D eigenvalue weighted by molar-refractivity contribution is 7.99. The number of halogens is 1. The van der Waals surface area contributed by atoms with Crippen LogP contribution in [0.1, 0.15) is 25.7 Å². The Hall–Kier alpha value is -0.910. The predicted octanol–water partition coefficient (Wildman–Crippen LogP) is 4.06. The van der Waals surface area contributed by atoms with E-state index in [4.69, 9.17) is 9.47 Å². The maximum atomic E-state index is 12.6. The van der Waals surface area contributed by atoms with Gasteiger partial charge in [-0.2, -0.15) is 16.2 Å². The topological polar surface area (TPSA) is 35.5 Å². The summed E-state index contributed by atoms with van der Waals surface area (Å²) in [6.07, 6.45) is 16.8. The highest BCUT2D eigenvalue weighted by Gasteiger charge is 2.24. The van der Waals surface area contributed by atoms with Gasteiger partial charge in [0.15, 0.2) is 6.29 Å². The third-order valence-electron chi connectivity index (χ3n) is 4.30. The van der Waals surface area contributed by atoms with E-state index >= 15 is 0 Å². The van der Waals surface area contributed by atoms with Crippen LogP contribution in [0.4, 0.5) is 4.39 Å². The van der Waals surface area contributed by atoms with E-state index in [-0.39, 0.29) is 12.2 Å². The van der Waals surface area contributed by atoms with Crippen LogP contribution in [0.5, 0.6) is 0 Å². The molecule has 23 heavy (non-hydrogen) atoms. The van der Waals surface area contributed by atoms with Gasteiger partial charge in [0.25, 0.3) is 0 Å². The van der Waals surface area contributed by atoms with Crippen LogP contribution in [-0.2, 0) is 14.3 Å². The van der Waals surface area contributed by atoms with E-state index in [9.17, 15) is 9.18 Å². The quantitative estimate of drug-likeness (QED) is 0.539. The van der Waals surface area contributed by atoms with Gasteiger partial charge in [-0.25, -0.2) is 0 Å². The van der Waals surface area contributed by atoms with Gasteiger partial charge in [0.2, 0.25) is 0 Å². The average molecular weight is 340 g/mol. The summed E-state index contributed by atoms with van der Waals surface area (Å²) >= 11 is 1.76. The molecule has 1 saturated heterocycles. The smallest absolute Gasteiger partial charge is 0.304 e. The molecule has 0 radical (unpaired) electrons. The number of rotatable bonds is 6. The Labute approximate surface area is 142 Å². The lowest BCUT2D eigenvalue weighted by molar-refractivity contribution is -0.146. The first-order valence-corrected chi connectivity index (χ1v) is 9.45. The predicted molar refractivity (Wildman–Crippen MR) is 92.0 cm³/mol. The Morgan fingerprint density at radius 1 is 1.00 bits per heavy atom. The van der Waals surface area contributed by atoms with Crippen LogP contribution in [0.25, 0.3) is 0 Å². The van der Waals surface area contributed by atoms with E-state index in [1.165, 1.54) is 0 Å². The first-order valence-electron chi connectivity index (χ1n) is 8.16. The summed E-state index contributed by atoms with van der Waals surface area (Å²) in [6, 6.07) is -1.14. The fourth-order valence-electron chi connectivity index (χ4n) is 2.79.